The van der Waals surface area contributed by atoms with E-state index >= 15 is 0 Å². The van der Waals surface area contributed by atoms with E-state index in [4.69, 9.17) is 17.0 Å². The second kappa shape index (κ2) is 20.3. The van der Waals surface area contributed by atoms with Crippen molar-refractivity contribution in [2.24, 2.45) is 10.8 Å². The van der Waals surface area contributed by atoms with Crippen molar-refractivity contribution >= 4 is 48.1 Å². The summed E-state index contributed by atoms with van der Waals surface area (Å²) < 4.78 is 0. The van der Waals surface area contributed by atoms with E-state index in [1.807, 2.05) is 0 Å². The Hall–Kier alpha value is -1.54. The van der Waals surface area contributed by atoms with Crippen molar-refractivity contribution in [2.75, 3.05) is 0 Å². The zero-order chi connectivity index (χ0) is 35.2. The fourth-order valence-electron chi connectivity index (χ4n) is 6.59. The fourth-order valence-corrected chi connectivity index (χ4v) is 6.59. The van der Waals surface area contributed by atoms with Gasteiger partial charge in [-0.15, -0.1) is 69.1 Å². The molecule has 0 aliphatic heterocycles. The van der Waals surface area contributed by atoms with Gasteiger partial charge >= 0.3 is 37.9 Å². The van der Waals surface area contributed by atoms with Gasteiger partial charge in [0.2, 0.25) is 0 Å². The van der Waals surface area contributed by atoms with E-state index in [0.717, 1.165) is 21.4 Å². The van der Waals surface area contributed by atoms with Crippen LogP contribution in [-0.2, 0) is 20.8 Å². The Morgan fingerprint density at radius 2 is 0.958 bits per heavy atom. The summed E-state index contributed by atoms with van der Waals surface area (Å²) in [5.74, 6) is 15.1. The minimum atomic E-state index is -0.826. The molecule has 4 heteroatoms. The molecule has 2 aliphatic rings. The van der Waals surface area contributed by atoms with Crippen LogP contribution in [0.5, 0.6) is 0 Å². The molecule has 0 aromatic heterocycles. The molecule has 2 aliphatic carbocycles. The van der Waals surface area contributed by atoms with Gasteiger partial charge in [0.05, 0.1) is 0 Å². The second-order valence-corrected chi connectivity index (χ2v) is 20.2. The number of rotatable bonds is 2. The summed E-state index contributed by atoms with van der Waals surface area (Å²) in [6.45, 7) is 17.3. The number of halogens is 2. The molecule has 6 rings (SSSR count). The third kappa shape index (κ3) is 13.6. The second-order valence-electron chi connectivity index (χ2n) is 15.4. The Morgan fingerprint density at radius 3 is 1.27 bits per heavy atom. The summed E-state index contributed by atoms with van der Waals surface area (Å²) in [5, 5.41) is 5.40. The molecule has 2 saturated carbocycles. The van der Waals surface area contributed by atoms with Gasteiger partial charge in [0.25, 0.3) is 0 Å². The quantitative estimate of drug-likeness (QED) is 0.108. The van der Waals surface area contributed by atoms with Crippen molar-refractivity contribution in [2.45, 2.75) is 131 Å². The maximum absolute atomic E-state index is 4.93. The predicted molar refractivity (Wildman–Crippen MR) is 213 cm³/mol. The Kier molecular flexibility index (Phi) is 17.3. The van der Waals surface area contributed by atoms with Crippen LogP contribution >= 0.6 is 17.0 Å². The number of hydrogen-bond acceptors (Lipinski definition) is 0. The summed E-state index contributed by atoms with van der Waals surface area (Å²) in [6, 6.07) is 22.6. The normalized spacial score (nSPS) is 15.2. The zero-order valence-corrected chi connectivity index (χ0v) is 35.7. The Bertz CT molecular complexity index is 1530. The molecule has 0 nitrogen and oxygen atoms in total. The van der Waals surface area contributed by atoms with Crippen molar-refractivity contribution in [3.8, 4) is 23.7 Å². The molecule has 48 heavy (non-hydrogen) atoms. The van der Waals surface area contributed by atoms with Gasteiger partial charge in [-0.2, -0.15) is 12.1 Å². The molecule has 4 aromatic carbocycles. The summed E-state index contributed by atoms with van der Waals surface area (Å²) >= 11 is -0.826. The average Bonchev–Trinajstić information content (AvgIpc) is 3.70. The molecular formula is C44H56Cl2SiZr. The van der Waals surface area contributed by atoms with E-state index in [1.165, 1.54) is 108 Å². The molecule has 2 fully saturated rings. The maximum atomic E-state index is 4.93. The standard InChI is InChI=1S/2C21H25.C2H6Si.2ClH.Zr/c2*1-21(2,3)13-12-17-10-7-11-18-14-19(15-20(17)18)16-8-5-4-6-9-16;1-3-2;;;/h2*7,10-11,14-16H,4-6,8-9H2,1-3H3;1-2H3;2*1H;/q2*-1;;;;+4/p-2. The van der Waals surface area contributed by atoms with E-state index < -0.39 is 20.8 Å². The van der Waals surface area contributed by atoms with E-state index in [2.05, 4.69) is 139 Å². The van der Waals surface area contributed by atoms with Crippen LogP contribution in [-0.4, -0.2) is 9.52 Å². The number of benzene rings is 2. The van der Waals surface area contributed by atoms with Gasteiger partial charge in [0.1, 0.15) is 0 Å². The van der Waals surface area contributed by atoms with Gasteiger partial charge in [0.15, 0.2) is 0 Å². The van der Waals surface area contributed by atoms with Crippen molar-refractivity contribution < 1.29 is 20.8 Å². The predicted octanol–water partition coefficient (Wildman–Crippen LogP) is 14.2. The monoisotopic (exact) mass is 772 g/mol. The Balaban J connectivity index is 0.000000224. The fraction of sp³-hybridized carbons (Fsp3) is 0.500. The van der Waals surface area contributed by atoms with Gasteiger partial charge < -0.3 is 0 Å². The summed E-state index contributed by atoms with van der Waals surface area (Å²) in [6.07, 6.45) is 13.8. The zero-order valence-electron chi connectivity index (χ0n) is 30.8. The van der Waals surface area contributed by atoms with Crippen molar-refractivity contribution in [1.29, 1.82) is 0 Å². The summed E-state index contributed by atoms with van der Waals surface area (Å²) in [4.78, 5) is 0. The average molecular weight is 775 g/mol. The molecule has 4 aromatic rings. The first-order valence-corrected chi connectivity index (χ1v) is 26.2. The number of hydrogen-bond donors (Lipinski definition) is 0. The van der Waals surface area contributed by atoms with Crippen LogP contribution in [0, 0.1) is 34.5 Å². The molecule has 0 N–H and O–H groups in total. The minimum absolute atomic E-state index is 0.0565. The Labute approximate surface area is 314 Å². The summed E-state index contributed by atoms with van der Waals surface area (Å²) in [7, 11) is 11.0. The SMILES string of the molecule is CC(C)(C)C#Cc1cccc2[cH-]c(C3CCCCC3)cc12.CC(C)(C)C#Cc1cccc2[cH-]c(C3CCCCC3)cc12.C[Si]C.[Cl][Zr+2][Cl]. The van der Waals surface area contributed by atoms with Gasteiger partial charge in [-0.25, -0.2) is 0 Å². The van der Waals surface area contributed by atoms with Crippen molar-refractivity contribution in [3.63, 3.8) is 0 Å². The van der Waals surface area contributed by atoms with E-state index in [-0.39, 0.29) is 10.8 Å². The molecule has 2 radical (unpaired) electrons. The molecular weight excluding hydrogens is 719 g/mol. The van der Waals surface area contributed by atoms with Crippen molar-refractivity contribution in [1.82, 2.24) is 0 Å². The Morgan fingerprint density at radius 1 is 0.625 bits per heavy atom. The summed E-state index contributed by atoms with van der Waals surface area (Å²) in [5.41, 5.74) is 5.56. The molecule has 0 spiro atoms. The molecule has 0 unspecified atom stereocenters. The van der Waals surface area contributed by atoms with Crippen molar-refractivity contribution in [3.05, 3.63) is 82.9 Å². The first-order chi connectivity index (χ1) is 22.9. The van der Waals surface area contributed by atoms with Gasteiger partial charge in [-0.05, 0) is 90.2 Å². The first-order valence-electron chi connectivity index (χ1n) is 17.9. The molecule has 0 bridgehead atoms. The molecule has 0 saturated heterocycles. The molecule has 0 amide bonds. The van der Waals surface area contributed by atoms with Crippen LogP contribution in [0.15, 0.2) is 60.7 Å². The number of fused-ring (bicyclic) bond motifs is 2. The van der Waals surface area contributed by atoms with E-state index in [0.29, 0.717) is 0 Å². The van der Waals surface area contributed by atoms with Gasteiger partial charge in [-0.3, -0.25) is 0 Å². The molecule has 0 heterocycles. The van der Waals surface area contributed by atoms with Gasteiger partial charge in [-0.1, -0.05) is 87.4 Å². The third-order valence-electron chi connectivity index (χ3n) is 8.84. The van der Waals surface area contributed by atoms with Gasteiger partial charge in [0, 0.05) is 20.3 Å². The van der Waals surface area contributed by atoms with Crippen LogP contribution in [0.25, 0.3) is 21.5 Å². The third-order valence-corrected chi connectivity index (χ3v) is 8.84. The van der Waals surface area contributed by atoms with Crippen LogP contribution in [0.3, 0.4) is 0 Å². The van der Waals surface area contributed by atoms with Crippen LogP contribution in [0.2, 0.25) is 13.1 Å². The first kappa shape index (κ1) is 40.9. The van der Waals surface area contributed by atoms with Crippen LogP contribution in [0.4, 0.5) is 0 Å². The molecule has 254 valence electrons. The van der Waals surface area contributed by atoms with Crippen LogP contribution in [0.1, 0.15) is 140 Å². The topological polar surface area (TPSA) is 0 Å². The molecule has 0 atom stereocenters. The van der Waals surface area contributed by atoms with E-state index in [1.54, 1.807) is 0 Å². The van der Waals surface area contributed by atoms with Crippen LogP contribution < -0.4 is 0 Å². The van der Waals surface area contributed by atoms with E-state index in [9.17, 15) is 0 Å².